The quantitative estimate of drug-likeness (QED) is 0.906. The molecule has 2 rings (SSSR count). The number of carboxylic acid groups (broad SMARTS) is 1. The van der Waals surface area contributed by atoms with Crippen LogP contribution in [-0.2, 0) is 4.79 Å². The summed E-state index contributed by atoms with van der Waals surface area (Å²) >= 11 is 0. The van der Waals surface area contributed by atoms with Crippen molar-refractivity contribution in [1.29, 1.82) is 0 Å². The van der Waals surface area contributed by atoms with Crippen molar-refractivity contribution in [2.75, 3.05) is 19.7 Å². The fourth-order valence-electron chi connectivity index (χ4n) is 3.22. The zero-order valence-corrected chi connectivity index (χ0v) is 13.1. The molecular formula is C17H25NO3. The van der Waals surface area contributed by atoms with Crippen LogP contribution in [0.1, 0.15) is 32.3 Å². The molecule has 0 spiro atoms. The van der Waals surface area contributed by atoms with E-state index >= 15 is 0 Å². The number of likely N-dealkylation sites (tertiary alicyclic amines) is 1. The fraction of sp³-hybridized carbons (Fsp3) is 0.588. The third kappa shape index (κ3) is 3.97. The van der Waals surface area contributed by atoms with Crippen molar-refractivity contribution >= 4 is 5.97 Å². The van der Waals surface area contributed by atoms with E-state index in [9.17, 15) is 9.90 Å². The van der Waals surface area contributed by atoms with Crippen LogP contribution >= 0.6 is 0 Å². The maximum absolute atomic E-state index is 11.6. The highest BCUT2D eigenvalue weighted by Gasteiger charge is 2.42. The van der Waals surface area contributed by atoms with Crippen LogP contribution in [0.2, 0.25) is 0 Å². The van der Waals surface area contributed by atoms with Crippen molar-refractivity contribution in [2.45, 2.75) is 39.7 Å². The van der Waals surface area contributed by atoms with Gasteiger partial charge in [-0.05, 0) is 49.4 Å². The predicted molar refractivity (Wildman–Crippen MR) is 82.7 cm³/mol. The number of hydrogen-bond donors (Lipinski definition) is 1. The van der Waals surface area contributed by atoms with Gasteiger partial charge < -0.3 is 9.84 Å². The van der Waals surface area contributed by atoms with Crippen LogP contribution in [0.15, 0.2) is 24.3 Å². The Balaban J connectivity index is 1.93. The first kappa shape index (κ1) is 15.8. The standard InChI is InChI=1S/C17H25NO3/c1-13-6-4-7-14(12-13)21-11-10-18-9-5-8-17(2,3)15(18)16(19)20/h4,6-7,12,15H,5,8-11H2,1-3H3,(H,19,20). The predicted octanol–water partition coefficient (Wildman–Crippen LogP) is 2.95. The summed E-state index contributed by atoms with van der Waals surface area (Å²) < 4.78 is 5.75. The van der Waals surface area contributed by atoms with E-state index in [2.05, 4.69) is 0 Å². The summed E-state index contributed by atoms with van der Waals surface area (Å²) in [5, 5.41) is 9.51. The van der Waals surface area contributed by atoms with Crippen LogP contribution in [0.4, 0.5) is 0 Å². The highest BCUT2D eigenvalue weighted by atomic mass is 16.5. The van der Waals surface area contributed by atoms with Gasteiger partial charge >= 0.3 is 5.97 Å². The highest BCUT2D eigenvalue weighted by Crippen LogP contribution is 2.35. The molecule has 1 aromatic carbocycles. The van der Waals surface area contributed by atoms with E-state index in [0.717, 1.165) is 30.7 Å². The molecule has 1 fully saturated rings. The van der Waals surface area contributed by atoms with Crippen LogP contribution in [-0.4, -0.2) is 41.7 Å². The Morgan fingerprint density at radius 2 is 2.24 bits per heavy atom. The molecule has 4 nitrogen and oxygen atoms in total. The molecule has 1 aliphatic rings. The van der Waals surface area contributed by atoms with E-state index in [1.165, 1.54) is 0 Å². The molecule has 4 heteroatoms. The number of carbonyl (C=O) groups is 1. The highest BCUT2D eigenvalue weighted by molar-refractivity contribution is 5.74. The summed E-state index contributed by atoms with van der Waals surface area (Å²) in [6, 6.07) is 7.50. The van der Waals surface area contributed by atoms with Crippen molar-refractivity contribution < 1.29 is 14.6 Å². The molecule has 0 aliphatic carbocycles. The Bertz CT molecular complexity index is 499. The zero-order chi connectivity index (χ0) is 15.5. The van der Waals surface area contributed by atoms with Gasteiger partial charge in [0.25, 0.3) is 0 Å². The minimum absolute atomic E-state index is 0.187. The number of ether oxygens (including phenoxy) is 1. The fourth-order valence-corrected chi connectivity index (χ4v) is 3.22. The molecule has 116 valence electrons. The van der Waals surface area contributed by atoms with E-state index in [1.54, 1.807) is 0 Å². The second-order valence-corrected chi connectivity index (χ2v) is 6.53. The summed E-state index contributed by atoms with van der Waals surface area (Å²) in [6.07, 6.45) is 2.00. The molecular weight excluding hydrogens is 266 g/mol. The van der Waals surface area contributed by atoms with Crippen LogP contribution in [0.3, 0.4) is 0 Å². The van der Waals surface area contributed by atoms with Gasteiger partial charge in [-0.15, -0.1) is 0 Å². The van der Waals surface area contributed by atoms with Gasteiger partial charge in [0.2, 0.25) is 0 Å². The van der Waals surface area contributed by atoms with Gasteiger partial charge in [-0.2, -0.15) is 0 Å². The van der Waals surface area contributed by atoms with Crippen LogP contribution in [0.5, 0.6) is 5.75 Å². The third-order valence-corrected chi connectivity index (χ3v) is 4.24. The molecule has 1 saturated heterocycles. The Labute approximate surface area is 126 Å². The number of carboxylic acids is 1. The largest absolute Gasteiger partial charge is 0.492 e. The molecule has 0 bridgehead atoms. The lowest BCUT2D eigenvalue weighted by molar-refractivity contribution is -0.150. The van der Waals surface area contributed by atoms with Crippen molar-refractivity contribution in [3.05, 3.63) is 29.8 Å². The molecule has 1 atom stereocenters. The number of nitrogens with zero attached hydrogens (tertiary/aromatic N) is 1. The molecule has 0 amide bonds. The summed E-state index contributed by atoms with van der Waals surface area (Å²) in [6.45, 7) is 8.11. The lowest BCUT2D eigenvalue weighted by atomic mass is 9.76. The van der Waals surface area contributed by atoms with E-state index in [1.807, 2.05) is 49.9 Å². The normalized spacial score (nSPS) is 22.0. The number of benzene rings is 1. The molecule has 0 aromatic heterocycles. The number of hydrogen-bond acceptors (Lipinski definition) is 3. The Hall–Kier alpha value is -1.55. The number of aryl methyl sites for hydroxylation is 1. The zero-order valence-electron chi connectivity index (χ0n) is 13.1. The minimum atomic E-state index is -0.727. The molecule has 1 aromatic rings. The SMILES string of the molecule is Cc1cccc(OCCN2CCCC(C)(C)C2C(=O)O)c1. The van der Waals surface area contributed by atoms with Crippen LogP contribution < -0.4 is 4.74 Å². The lowest BCUT2D eigenvalue weighted by Crippen LogP contribution is -2.55. The third-order valence-electron chi connectivity index (χ3n) is 4.24. The lowest BCUT2D eigenvalue weighted by Gasteiger charge is -2.43. The summed E-state index contributed by atoms with van der Waals surface area (Å²) in [7, 11) is 0. The molecule has 1 unspecified atom stereocenters. The van der Waals surface area contributed by atoms with Gasteiger partial charge in [-0.1, -0.05) is 26.0 Å². The van der Waals surface area contributed by atoms with Crippen LogP contribution in [0.25, 0.3) is 0 Å². The second kappa shape index (κ2) is 6.48. The average Bonchev–Trinajstić information content (AvgIpc) is 2.37. The van der Waals surface area contributed by atoms with Gasteiger partial charge in [0.15, 0.2) is 0 Å². The average molecular weight is 291 g/mol. The van der Waals surface area contributed by atoms with Gasteiger partial charge in [0.1, 0.15) is 18.4 Å². The monoisotopic (exact) mass is 291 g/mol. The van der Waals surface area contributed by atoms with Gasteiger partial charge in [-0.25, -0.2) is 0 Å². The first-order chi connectivity index (χ1) is 9.90. The number of aliphatic carboxylic acids is 1. The maximum atomic E-state index is 11.6. The van der Waals surface area contributed by atoms with E-state index in [4.69, 9.17) is 4.74 Å². The Morgan fingerprint density at radius 3 is 2.90 bits per heavy atom. The van der Waals surface area contributed by atoms with E-state index in [-0.39, 0.29) is 5.41 Å². The molecule has 1 heterocycles. The van der Waals surface area contributed by atoms with Gasteiger partial charge in [0.05, 0.1) is 0 Å². The molecule has 1 N–H and O–H groups in total. The topological polar surface area (TPSA) is 49.8 Å². The van der Waals surface area contributed by atoms with E-state index < -0.39 is 12.0 Å². The van der Waals surface area contributed by atoms with Gasteiger partial charge in [0, 0.05) is 6.54 Å². The smallest absolute Gasteiger partial charge is 0.321 e. The first-order valence-corrected chi connectivity index (χ1v) is 7.56. The molecule has 21 heavy (non-hydrogen) atoms. The summed E-state index contributed by atoms with van der Waals surface area (Å²) in [5.74, 6) is 0.119. The Kier molecular flexibility index (Phi) is 4.88. The number of rotatable bonds is 5. The Morgan fingerprint density at radius 1 is 1.48 bits per heavy atom. The van der Waals surface area contributed by atoms with Gasteiger partial charge in [-0.3, -0.25) is 9.69 Å². The number of piperidine rings is 1. The molecule has 1 aliphatic heterocycles. The summed E-state index contributed by atoms with van der Waals surface area (Å²) in [5.41, 5.74) is 0.975. The maximum Gasteiger partial charge on any atom is 0.321 e. The van der Waals surface area contributed by atoms with E-state index in [0.29, 0.717) is 13.2 Å². The summed E-state index contributed by atoms with van der Waals surface area (Å²) in [4.78, 5) is 13.6. The minimum Gasteiger partial charge on any atom is -0.492 e. The first-order valence-electron chi connectivity index (χ1n) is 7.56. The van der Waals surface area contributed by atoms with Crippen LogP contribution in [0, 0.1) is 12.3 Å². The second-order valence-electron chi connectivity index (χ2n) is 6.53. The van der Waals surface area contributed by atoms with Crippen molar-refractivity contribution in [1.82, 2.24) is 4.90 Å². The molecule has 0 radical (unpaired) electrons. The molecule has 0 saturated carbocycles. The van der Waals surface area contributed by atoms with Crippen molar-refractivity contribution in [3.63, 3.8) is 0 Å². The van der Waals surface area contributed by atoms with Crippen molar-refractivity contribution in [2.24, 2.45) is 5.41 Å². The van der Waals surface area contributed by atoms with Crippen molar-refractivity contribution in [3.8, 4) is 5.75 Å².